The van der Waals surface area contributed by atoms with Crippen molar-refractivity contribution in [2.45, 2.75) is 24.5 Å². The monoisotopic (exact) mass is 473 g/mol. The zero-order chi connectivity index (χ0) is 22.1. The third-order valence-corrected chi connectivity index (χ3v) is 6.98. The van der Waals surface area contributed by atoms with Crippen LogP contribution < -0.4 is 5.32 Å². The highest BCUT2D eigenvalue weighted by atomic mass is 35.5. The van der Waals surface area contributed by atoms with Crippen molar-refractivity contribution in [1.29, 1.82) is 0 Å². The van der Waals surface area contributed by atoms with Crippen LogP contribution >= 0.6 is 23.2 Å². The molecule has 8 heteroatoms. The molecule has 6 nitrogen and oxygen atoms in total. The molecular formula is C24H25Cl2N3O3. The van der Waals surface area contributed by atoms with Gasteiger partial charge in [0.25, 0.3) is 0 Å². The fourth-order valence-corrected chi connectivity index (χ4v) is 5.23. The molecule has 1 atom stereocenters. The second-order valence-corrected chi connectivity index (χ2v) is 9.13. The lowest BCUT2D eigenvalue weighted by Crippen LogP contribution is -2.50. The topological polar surface area (TPSA) is 66.6 Å². The van der Waals surface area contributed by atoms with Crippen molar-refractivity contribution in [3.05, 3.63) is 69.8 Å². The predicted molar refractivity (Wildman–Crippen MR) is 125 cm³/mol. The molecule has 1 spiro atoms. The number of aromatic amines is 1. The van der Waals surface area contributed by atoms with Gasteiger partial charge in [0.05, 0.1) is 13.2 Å². The number of H-pyrrole nitrogens is 1. The summed E-state index contributed by atoms with van der Waals surface area (Å²) in [5.74, 6) is -0.627. The first kappa shape index (κ1) is 21.6. The highest BCUT2D eigenvalue weighted by Crippen LogP contribution is 2.36. The Balaban J connectivity index is 1.35. The minimum absolute atomic E-state index is 0.0900. The zero-order valence-electron chi connectivity index (χ0n) is 17.6. The molecule has 168 valence electrons. The number of urea groups is 1. The molecule has 0 radical (unpaired) electrons. The molecule has 2 saturated heterocycles. The molecule has 2 aromatic carbocycles. The van der Waals surface area contributed by atoms with E-state index in [0.717, 1.165) is 22.0 Å². The normalized spacial score (nSPS) is 18.9. The SMILES string of the molecule is O=C(NCC(c1ccc(Cl)cc1Cl)c1c[nH]c2ccccc12)N1CCC2(CC1)OCCO2. The number of para-hydroxylation sites is 1. The number of carbonyl (C=O) groups is 1. The van der Waals surface area contributed by atoms with Crippen LogP contribution in [-0.2, 0) is 9.47 Å². The van der Waals surface area contributed by atoms with E-state index in [1.54, 1.807) is 6.07 Å². The van der Waals surface area contributed by atoms with Gasteiger partial charge in [-0.2, -0.15) is 0 Å². The van der Waals surface area contributed by atoms with Crippen LogP contribution in [0.2, 0.25) is 10.0 Å². The quantitative estimate of drug-likeness (QED) is 0.550. The van der Waals surface area contributed by atoms with E-state index < -0.39 is 5.79 Å². The third kappa shape index (κ3) is 4.20. The van der Waals surface area contributed by atoms with Crippen LogP contribution in [0.15, 0.2) is 48.7 Å². The Morgan fingerprint density at radius 2 is 1.84 bits per heavy atom. The van der Waals surface area contributed by atoms with Crippen molar-refractivity contribution in [2.24, 2.45) is 0 Å². The molecule has 1 unspecified atom stereocenters. The average molecular weight is 474 g/mol. The first-order valence-electron chi connectivity index (χ1n) is 10.9. The molecule has 0 saturated carbocycles. The molecule has 2 N–H and O–H groups in total. The van der Waals surface area contributed by atoms with Crippen LogP contribution in [0.1, 0.15) is 29.9 Å². The Morgan fingerprint density at radius 1 is 1.09 bits per heavy atom. The van der Waals surface area contributed by atoms with Crippen LogP contribution in [0, 0.1) is 0 Å². The molecule has 2 fully saturated rings. The van der Waals surface area contributed by atoms with E-state index in [2.05, 4.69) is 16.4 Å². The van der Waals surface area contributed by atoms with Gasteiger partial charge in [-0.15, -0.1) is 0 Å². The molecule has 0 aliphatic carbocycles. The predicted octanol–water partition coefficient (Wildman–Crippen LogP) is 5.16. The number of piperidine rings is 1. The van der Waals surface area contributed by atoms with Gasteiger partial charge in [0.15, 0.2) is 5.79 Å². The van der Waals surface area contributed by atoms with E-state index >= 15 is 0 Å². The molecule has 2 aliphatic rings. The van der Waals surface area contributed by atoms with Gasteiger partial charge in [-0.05, 0) is 29.3 Å². The second kappa shape index (κ2) is 8.94. The fourth-order valence-electron chi connectivity index (χ4n) is 4.69. The Kier molecular flexibility index (Phi) is 6.03. The highest BCUT2D eigenvalue weighted by molar-refractivity contribution is 6.35. The van der Waals surface area contributed by atoms with Crippen LogP contribution in [0.5, 0.6) is 0 Å². The maximum absolute atomic E-state index is 13.0. The van der Waals surface area contributed by atoms with Crippen molar-refractivity contribution in [1.82, 2.24) is 15.2 Å². The zero-order valence-corrected chi connectivity index (χ0v) is 19.1. The lowest BCUT2D eigenvalue weighted by molar-refractivity contribution is -0.181. The molecule has 32 heavy (non-hydrogen) atoms. The summed E-state index contributed by atoms with van der Waals surface area (Å²) in [4.78, 5) is 18.1. The number of nitrogens with zero attached hydrogens (tertiary/aromatic N) is 1. The van der Waals surface area contributed by atoms with Gasteiger partial charge >= 0.3 is 6.03 Å². The summed E-state index contributed by atoms with van der Waals surface area (Å²) in [7, 11) is 0. The molecule has 2 amide bonds. The van der Waals surface area contributed by atoms with Crippen molar-refractivity contribution in [2.75, 3.05) is 32.8 Å². The number of halogens is 2. The number of aromatic nitrogens is 1. The number of fused-ring (bicyclic) bond motifs is 1. The molecule has 3 aromatic rings. The van der Waals surface area contributed by atoms with E-state index in [4.69, 9.17) is 32.7 Å². The number of hydrogen-bond acceptors (Lipinski definition) is 3. The molecule has 1 aromatic heterocycles. The molecule has 0 bridgehead atoms. The number of amides is 2. The summed E-state index contributed by atoms with van der Waals surface area (Å²) in [5, 5.41) is 5.39. The minimum Gasteiger partial charge on any atom is -0.361 e. The van der Waals surface area contributed by atoms with Gasteiger partial charge in [-0.1, -0.05) is 47.5 Å². The van der Waals surface area contributed by atoms with E-state index in [-0.39, 0.29) is 11.9 Å². The van der Waals surface area contributed by atoms with Gasteiger partial charge in [0.1, 0.15) is 0 Å². The van der Waals surface area contributed by atoms with Crippen molar-refractivity contribution in [3.63, 3.8) is 0 Å². The molecule has 5 rings (SSSR count). The maximum atomic E-state index is 13.0. The van der Waals surface area contributed by atoms with E-state index in [1.165, 1.54) is 0 Å². The third-order valence-electron chi connectivity index (χ3n) is 6.42. The molecule has 3 heterocycles. The standard InChI is InChI=1S/C24H25Cl2N3O3/c25-16-5-6-17(21(26)13-16)19(20-14-27-22-4-2-1-3-18(20)22)15-28-23(30)29-9-7-24(8-10-29)31-11-12-32-24/h1-6,13-14,19,27H,7-12,15H2,(H,28,30). The number of benzene rings is 2. The Hall–Kier alpha value is -2.25. The summed E-state index contributed by atoms with van der Waals surface area (Å²) >= 11 is 12.7. The van der Waals surface area contributed by atoms with Crippen molar-refractivity contribution < 1.29 is 14.3 Å². The number of carbonyl (C=O) groups excluding carboxylic acids is 1. The van der Waals surface area contributed by atoms with Gasteiger partial charge in [0, 0.05) is 65.5 Å². The van der Waals surface area contributed by atoms with Crippen molar-refractivity contribution in [3.8, 4) is 0 Å². The minimum atomic E-state index is -0.500. The fraction of sp³-hybridized carbons (Fsp3) is 0.375. The first-order valence-corrected chi connectivity index (χ1v) is 11.6. The Labute approximate surface area is 196 Å². The second-order valence-electron chi connectivity index (χ2n) is 8.29. The number of ether oxygens (including phenoxy) is 2. The number of nitrogens with one attached hydrogen (secondary N) is 2. The largest absolute Gasteiger partial charge is 0.361 e. The van der Waals surface area contributed by atoms with Gasteiger partial charge < -0.3 is 24.7 Å². The van der Waals surface area contributed by atoms with Crippen LogP contribution in [0.4, 0.5) is 4.79 Å². The van der Waals surface area contributed by atoms with Crippen molar-refractivity contribution >= 4 is 40.1 Å². The van der Waals surface area contributed by atoms with Crippen LogP contribution in [0.3, 0.4) is 0 Å². The summed E-state index contributed by atoms with van der Waals surface area (Å²) in [6.45, 7) is 2.87. The summed E-state index contributed by atoms with van der Waals surface area (Å²) in [6.07, 6.45) is 3.37. The lowest BCUT2D eigenvalue weighted by Gasteiger charge is -2.37. The first-order chi connectivity index (χ1) is 15.5. The van der Waals surface area contributed by atoms with Crippen LogP contribution in [-0.4, -0.2) is 54.6 Å². The maximum Gasteiger partial charge on any atom is 0.317 e. The van der Waals surface area contributed by atoms with E-state index in [1.807, 2.05) is 41.4 Å². The summed E-state index contributed by atoms with van der Waals surface area (Å²) in [5.41, 5.74) is 3.05. The van der Waals surface area contributed by atoms with Gasteiger partial charge in [-0.25, -0.2) is 4.79 Å². The van der Waals surface area contributed by atoms with E-state index in [0.29, 0.717) is 55.7 Å². The van der Waals surface area contributed by atoms with Gasteiger partial charge in [-0.3, -0.25) is 0 Å². The molecule has 2 aliphatic heterocycles. The number of rotatable bonds is 4. The van der Waals surface area contributed by atoms with Crippen LogP contribution in [0.25, 0.3) is 10.9 Å². The summed E-state index contributed by atoms with van der Waals surface area (Å²) < 4.78 is 11.5. The number of likely N-dealkylation sites (tertiary alicyclic amines) is 1. The molecular weight excluding hydrogens is 449 g/mol. The highest BCUT2D eigenvalue weighted by Gasteiger charge is 2.40. The van der Waals surface area contributed by atoms with E-state index in [9.17, 15) is 4.79 Å². The average Bonchev–Trinajstić information content (AvgIpc) is 3.43. The van der Waals surface area contributed by atoms with Gasteiger partial charge in [0.2, 0.25) is 0 Å². The lowest BCUT2D eigenvalue weighted by atomic mass is 9.90. The Bertz CT molecular complexity index is 1120. The Morgan fingerprint density at radius 3 is 2.59 bits per heavy atom. The summed E-state index contributed by atoms with van der Waals surface area (Å²) in [6, 6.07) is 13.5. The number of hydrogen-bond donors (Lipinski definition) is 2. The smallest absolute Gasteiger partial charge is 0.317 e.